The predicted molar refractivity (Wildman–Crippen MR) is 104 cm³/mol. The average Bonchev–Trinajstić information content (AvgIpc) is 2.66. The van der Waals surface area contributed by atoms with E-state index in [1.165, 1.54) is 33.4 Å². The molecule has 0 fully saturated rings. The van der Waals surface area contributed by atoms with Crippen molar-refractivity contribution < 1.29 is 0 Å². The average molecular weight is 326 g/mol. The van der Waals surface area contributed by atoms with E-state index in [1.54, 1.807) is 0 Å². The van der Waals surface area contributed by atoms with Crippen LogP contribution in [0.2, 0.25) is 0 Å². The number of rotatable bonds is 3. The molecular weight excluding hydrogens is 302 g/mol. The van der Waals surface area contributed by atoms with E-state index in [2.05, 4.69) is 86.6 Å². The number of hydrogen-bond acceptors (Lipinski definition) is 1. The first-order chi connectivity index (χ1) is 10.7. The summed E-state index contributed by atoms with van der Waals surface area (Å²) in [5.41, 5.74) is 8.02. The summed E-state index contributed by atoms with van der Waals surface area (Å²) in [5.74, 6) is 0. The molecule has 0 N–H and O–H groups in total. The zero-order valence-electron chi connectivity index (χ0n) is 14.0. The topological polar surface area (TPSA) is 3.24 Å². The molecule has 2 aromatic rings. The Morgan fingerprint density at radius 2 is 1.65 bits per heavy atom. The summed E-state index contributed by atoms with van der Waals surface area (Å²) in [5, 5.41) is 0. The molecule has 0 saturated carbocycles. The summed E-state index contributed by atoms with van der Waals surface area (Å²) < 4.78 is 0. The lowest BCUT2D eigenvalue weighted by molar-refractivity contribution is 0.417. The van der Waals surface area contributed by atoms with Crippen molar-refractivity contribution in [2.75, 3.05) is 20.6 Å². The van der Waals surface area contributed by atoms with Gasteiger partial charge >= 0.3 is 0 Å². The largest absolute Gasteiger partial charge is 0.309 e. The quantitative estimate of drug-likeness (QED) is 0.633. The molecule has 0 saturated heterocycles. The van der Waals surface area contributed by atoms with Crippen molar-refractivity contribution in [3.63, 3.8) is 0 Å². The fraction of sp³-hybridized carbons (Fsp3) is 0.238. The maximum atomic E-state index is 2.39. The third-order valence-electron chi connectivity index (χ3n) is 4.22. The van der Waals surface area contributed by atoms with Gasteiger partial charge in [-0.15, -0.1) is 12.4 Å². The van der Waals surface area contributed by atoms with Gasteiger partial charge in [0.1, 0.15) is 0 Å². The molecule has 120 valence electrons. The minimum atomic E-state index is 0. The molecule has 23 heavy (non-hydrogen) atoms. The van der Waals surface area contributed by atoms with E-state index >= 15 is 0 Å². The van der Waals surface area contributed by atoms with Gasteiger partial charge in [-0.2, -0.15) is 0 Å². The molecule has 0 unspecified atom stereocenters. The number of fused-ring (bicyclic) bond motifs is 2. The molecule has 2 aromatic carbocycles. The van der Waals surface area contributed by atoms with Crippen molar-refractivity contribution in [3.05, 3.63) is 76.4 Å². The fourth-order valence-electron chi connectivity index (χ4n) is 3.03. The Labute approximate surface area is 145 Å². The number of hydrogen-bond donors (Lipinski definition) is 0. The van der Waals surface area contributed by atoms with Crippen LogP contribution >= 0.6 is 12.4 Å². The lowest BCUT2D eigenvalue weighted by atomic mass is 9.91. The molecular formula is C21H24ClN. The molecule has 0 radical (unpaired) electrons. The van der Waals surface area contributed by atoms with Crippen molar-refractivity contribution in [2.45, 2.75) is 13.3 Å². The van der Waals surface area contributed by atoms with E-state index in [1.807, 2.05) is 0 Å². The second-order valence-electron chi connectivity index (χ2n) is 6.17. The Kier molecular flexibility index (Phi) is 5.81. The van der Waals surface area contributed by atoms with Crippen molar-refractivity contribution >= 4 is 30.1 Å². The van der Waals surface area contributed by atoms with Gasteiger partial charge in [0.2, 0.25) is 0 Å². The maximum absolute atomic E-state index is 2.39. The number of aryl methyl sites for hydroxylation is 1. The van der Waals surface area contributed by atoms with Crippen LogP contribution in [0.25, 0.3) is 17.7 Å². The molecule has 0 aliphatic heterocycles. The summed E-state index contributed by atoms with van der Waals surface area (Å²) in [6.45, 7) is 3.26. The van der Waals surface area contributed by atoms with E-state index in [-0.39, 0.29) is 12.4 Å². The van der Waals surface area contributed by atoms with Gasteiger partial charge in [-0.1, -0.05) is 60.7 Å². The normalized spacial score (nSPS) is 14.2. The third-order valence-corrected chi connectivity index (χ3v) is 4.22. The van der Waals surface area contributed by atoms with Crippen LogP contribution in [-0.4, -0.2) is 25.5 Å². The minimum absolute atomic E-state index is 0. The van der Waals surface area contributed by atoms with Gasteiger partial charge in [0, 0.05) is 6.54 Å². The highest BCUT2D eigenvalue weighted by molar-refractivity contribution is 5.94. The molecule has 1 aliphatic carbocycles. The van der Waals surface area contributed by atoms with E-state index < -0.39 is 0 Å². The predicted octanol–water partition coefficient (Wildman–Crippen LogP) is 5.28. The van der Waals surface area contributed by atoms with E-state index in [0.29, 0.717) is 0 Å². The van der Waals surface area contributed by atoms with Gasteiger partial charge in [0.25, 0.3) is 0 Å². The van der Waals surface area contributed by atoms with Gasteiger partial charge in [-0.25, -0.2) is 0 Å². The summed E-state index contributed by atoms with van der Waals surface area (Å²) in [4.78, 5) is 2.23. The van der Waals surface area contributed by atoms with E-state index in [4.69, 9.17) is 0 Å². The van der Waals surface area contributed by atoms with Crippen molar-refractivity contribution in [1.29, 1.82) is 0 Å². The Balaban J connectivity index is 0.00000192. The smallest absolute Gasteiger partial charge is 0.00101 e. The monoisotopic (exact) mass is 325 g/mol. The molecule has 1 aliphatic rings. The molecule has 2 heteroatoms. The molecule has 0 aromatic heterocycles. The van der Waals surface area contributed by atoms with Gasteiger partial charge in [0.05, 0.1) is 0 Å². The van der Waals surface area contributed by atoms with Crippen LogP contribution in [0.15, 0.2) is 48.5 Å². The highest BCUT2D eigenvalue weighted by Gasteiger charge is 2.15. The zero-order valence-corrected chi connectivity index (χ0v) is 14.9. The second kappa shape index (κ2) is 7.63. The van der Waals surface area contributed by atoms with E-state index in [9.17, 15) is 0 Å². The summed E-state index contributed by atoms with van der Waals surface area (Å²) in [6, 6.07) is 15.3. The Morgan fingerprint density at radius 1 is 0.913 bits per heavy atom. The highest BCUT2D eigenvalue weighted by atomic mass is 35.5. The summed E-state index contributed by atoms with van der Waals surface area (Å²) in [7, 11) is 4.25. The Morgan fingerprint density at radius 3 is 2.43 bits per heavy atom. The number of nitrogens with zero attached hydrogens (tertiary/aromatic N) is 1. The SMILES string of the molecule is Cc1cccc2c1C=Cc1ccccc1C2=CCCN(C)C.Cl. The summed E-state index contributed by atoms with van der Waals surface area (Å²) in [6.07, 6.45) is 7.96. The van der Waals surface area contributed by atoms with Gasteiger partial charge in [-0.3, -0.25) is 0 Å². The van der Waals surface area contributed by atoms with Crippen LogP contribution in [0.3, 0.4) is 0 Å². The Hall–Kier alpha value is -1.83. The minimum Gasteiger partial charge on any atom is -0.309 e. The van der Waals surface area contributed by atoms with Crippen molar-refractivity contribution in [2.24, 2.45) is 0 Å². The molecule has 3 rings (SSSR count). The lowest BCUT2D eigenvalue weighted by Crippen LogP contribution is -2.12. The first-order valence-corrected chi connectivity index (χ1v) is 7.89. The molecule has 1 nitrogen and oxygen atoms in total. The highest BCUT2D eigenvalue weighted by Crippen LogP contribution is 2.35. The standard InChI is InChI=1S/C21H23N.ClH/c1-16-8-6-11-20-18(16)14-13-17-9-4-5-10-19(17)21(20)12-7-15-22(2)3;/h4-6,8-14H,7,15H2,1-3H3;1H. The van der Waals surface area contributed by atoms with Crippen LogP contribution < -0.4 is 0 Å². The molecule has 0 heterocycles. The zero-order chi connectivity index (χ0) is 15.5. The van der Waals surface area contributed by atoms with Crippen LogP contribution in [0.4, 0.5) is 0 Å². The summed E-state index contributed by atoms with van der Waals surface area (Å²) >= 11 is 0. The van der Waals surface area contributed by atoms with Gasteiger partial charge in [-0.05, 0) is 60.8 Å². The molecule has 0 atom stereocenters. The first kappa shape index (κ1) is 17.5. The third kappa shape index (κ3) is 3.74. The van der Waals surface area contributed by atoms with Crippen molar-refractivity contribution in [3.8, 4) is 0 Å². The second-order valence-corrected chi connectivity index (χ2v) is 6.17. The number of halogens is 1. The van der Waals surface area contributed by atoms with Crippen LogP contribution in [0, 0.1) is 6.92 Å². The molecule has 0 amide bonds. The fourth-order valence-corrected chi connectivity index (χ4v) is 3.03. The van der Waals surface area contributed by atoms with E-state index in [0.717, 1.165) is 13.0 Å². The van der Waals surface area contributed by atoms with Gasteiger partial charge < -0.3 is 4.90 Å². The Bertz CT molecular complexity index is 741. The molecule has 0 spiro atoms. The van der Waals surface area contributed by atoms with Crippen LogP contribution in [0.1, 0.15) is 34.2 Å². The first-order valence-electron chi connectivity index (χ1n) is 7.89. The molecule has 0 bridgehead atoms. The van der Waals surface area contributed by atoms with Gasteiger partial charge in [0.15, 0.2) is 0 Å². The lowest BCUT2D eigenvalue weighted by Gasteiger charge is -2.14. The van der Waals surface area contributed by atoms with Crippen LogP contribution in [0.5, 0.6) is 0 Å². The van der Waals surface area contributed by atoms with Crippen LogP contribution in [-0.2, 0) is 0 Å². The van der Waals surface area contributed by atoms with Crippen molar-refractivity contribution in [1.82, 2.24) is 4.90 Å². The number of benzene rings is 2. The maximum Gasteiger partial charge on any atom is 0.00101 e.